The fourth-order valence-electron chi connectivity index (χ4n) is 1.31. The van der Waals surface area contributed by atoms with Crippen LogP contribution in [-0.4, -0.2) is 16.5 Å². The van der Waals surface area contributed by atoms with Crippen molar-refractivity contribution in [2.45, 2.75) is 6.42 Å². The number of halogens is 1. The molecule has 2 N–H and O–H groups in total. The molecule has 0 fully saturated rings. The monoisotopic (exact) mass is 249 g/mol. The second-order valence-electron chi connectivity index (χ2n) is 3.41. The number of hydrogen-bond acceptors (Lipinski definition) is 4. The first-order valence-corrected chi connectivity index (χ1v) is 5.61. The summed E-state index contributed by atoms with van der Waals surface area (Å²) in [6.07, 6.45) is 3.88. The van der Waals surface area contributed by atoms with Gasteiger partial charge in [-0.05, 0) is 18.7 Å². The van der Waals surface area contributed by atoms with E-state index < -0.39 is 0 Å². The Labute approximate surface area is 104 Å². The first-order chi connectivity index (χ1) is 8.29. The minimum atomic E-state index is 0.532. The predicted molar refractivity (Wildman–Crippen MR) is 66.3 cm³/mol. The lowest BCUT2D eigenvalue weighted by atomic mass is 10.3. The Morgan fingerprint density at radius 1 is 1.18 bits per heavy atom. The van der Waals surface area contributed by atoms with Crippen molar-refractivity contribution in [2.24, 2.45) is 5.73 Å². The van der Waals surface area contributed by atoms with Crippen molar-refractivity contribution in [1.82, 2.24) is 9.97 Å². The van der Waals surface area contributed by atoms with E-state index in [1.807, 2.05) is 12.1 Å². The second kappa shape index (κ2) is 5.61. The minimum Gasteiger partial charge on any atom is -0.453 e. The lowest BCUT2D eigenvalue weighted by molar-refractivity contribution is 0.476. The molecule has 1 aromatic heterocycles. The summed E-state index contributed by atoms with van der Waals surface area (Å²) in [6.45, 7) is 0.532. The van der Waals surface area contributed by atoms with Crippen LogP contribution in [0.25, 0.3) is 0 Å². The van der Waals surface area contributed by atoms with Crippen molar-refractivity contribution >= 4 is 11.6 Å². The van der Waals surface area contributed by atoms with Crippen molar-refractivity contribution in [1.29, 1.82) is 0 Å². The topological polar surface area (TPSA) is 61.0 Å². The van der Waals surface area contributed by atoms with E-state index in [0.29, 0.717) is 35.3 Å². The molecule has 2 rings (SSSR count). The third kappa shape index (κ3) is 3.15. The molecule has 0 atom stereocenters. The van der Waals surface area contributed by atoms with E-state index in [1.54, 1.807) is 24.5 Å². The van der Waals surface area contributed by atoms with Crippen LogP contribution in [0.2, 0.25) is 5.02 Å². The Kier molecular flexibility index (Phi) is 3.90. The first kappa shape index (κ1) is 11.8. The largest absolute Gasteiger partial charge is 0.453 e. The van der Waals surface area contributed by atoms with E-state index >= 15 is 0 Å². The smallest absolute Gasteiger partial charge is 0.164 e. The molecule has 0 radical (unpaired) electrons. The van der Waals surface area contributed by atoms with Crippen molar-refractivity contribution in [2.75, 3.05) is 6.54 Å². The zero-order chi connectivity index (χ0) is 12.1. The molecule has 0 unspecified atom stereocenters. The van der Waals surface area contributed by atoms with Gasteiger partial charge >= 0.3 is 0 Å². The average Bonchev–Trinajstić information content (AvgIpc) is 2.35. The highest BCUT2D eigenvalue weighted by molar-refractivity contribution is 6.32. The molecule has 0 aliphatic rings. The molecule has 0 bridgehead atoms. The van der Waals surface area contributed by atoms with Crippen molar-refractivity contribution in [3.05, 3.63) is 47.5 Å². The highest BCUT2D eigenvalue weighted by Gasteiger charge is 2.03. The number of nitrogens with two attached hydrogens (primary N) is 1. The maximum Gasteiger partial charge on any atom is 0.164 e. The van der Waals surface area contributed by atoms with Crippen LogP contribution in [0.5, 0.6) is 11.5 Å². The fraction of sp³-hybridized carbons (Fsp3) is 0.167. The van der Waals surface area contributed by atoms with Crippen LogP contribution in [0.3, 0.4) is 0 Å². The van der Waals surface area contributed by atoms with Crippen molar-refractivity contribution < 1.29 is 4.74 Å². The molecule has 5 heteroatoms. The summed E-state index contributed by atoms with van der Waals surface area (Å²) < 4.78 is 5.55. The summed E-state index contributed by atoms with van der Waals surface area (Å²) in [5.41, 5.74) is 5.41. The number of nitrogens with zero attached hydrogens (tertiary/aromatic N) is 2. The summed E-state index contributed by atoms with van der Waals surface area (Å²) in [4.78, 5) is 8.27. The number of hydrogen-bond donors (Lipinski definition) is 1. The number of aromatic nitrogens is 2. The van der Waals surface area contributed by atoms with E-state index in [0.717, 1.165) is 0 Å². The van der Waals surface area contributed by atoms with Gasteiger partial charge in [0.05, 0.1) is 17.4 Å². The van der Waals surface area contributed by atoms with Crippen LogP contribution >= 0.6 is 11.6 Å². The maximum atomic E-state index is 5.97. The lowest BCUT2D eigenvalue weighted by Gasteiger charge is -2.06. The van der Waals surface area contributed by atoms with Gasteiger partial charge in [0.2, 0.25) is 0 Å². The normalized spacial score (nSPS) is 10.2. The zero-order valence-corrected chi connectivity index (χ0v) is 9.89. The molecule has 0 saturated heterocycles. The van der Waals surface area contributed by atoms with E-state index in [1.165, 1.54) is 0 Å². The Hall–Kier alpha value is -1.65. The summed E-state index contributed by atoms with van der Waals surface area (Å²) in [6, 6.07) is 7.25. The van der Waals surface area contributed by atoms with Crippen LogP contribution in [0.15, 0.2) is 36.7 Å². The Balaban J connectivity index is 2.11. The van der Waals surface area contributed by atoms with Gasteiger partial charge in [0.15, 0.2) is 5.75 Å². The van der Waals surface area contributed by atoms with Gasteiger partial charge in [0.25, 0.3) is 0 Å². The van der Waals surface area contributed by atoms with Crippen LogP contribution in [0.4, 0.5) is 0 Å². The van der Waals surface area contributed by atoms with Crippen LogP contribution < -0.4 is 10.5 Å². The number of para-hydroxylation sites is 1. The van der Waals surface area contributed by atoms with Crippen LogP contribution in [0, 0.1) is 0 Å². The number of rotatable bonds is 4. The van der Waals surface area contributed by atoms with Gasteiger partial charge in [-0.1, -0.05) is 23.7 Å². The Morgan fingerprint density at radius 2 is 1.88 bits per heavy atom. The third-order valence-electron chi connectivity index (χ3n) is 2.11. The molecule has 0 spiro atoms. The molecule has 88 valence electrons. The number of benzene rings is 1. The third-order valence-corrected chi connectivity index (χ3v) is 2.43. The summed E-state index contributed by atoms with van der Waals surface area (Å²) in [7, 11) is 0. The quantitative estimate of drug-likeness (QED) is 0.904. The molecule has 1 heterocycles. The molecule has 2 aromatic rings. The van der Waals surface area contributed by atoms with Gasteiger partial charge in [-0.2, -0.15) is 0 Å². The van der Waals surface area contributed by atoms with E-state index in [2.05, 4.69) is 9.97 Å². The van der Waals surface area contributed by atoms with Gasteiger partial charge in [0.1, 0.15) is 11.6 Å². The molecule has 0 saturated carbocycles. The summed E-state index contributed by atoms with van der Waals surface area (Å²) >= 11 is 5.97. The molecule has 0 aliphatic carbocycles. The highest BCUT2D eigenvalue weighted by Crippen LogP contribution is 2.27. The number of ether oxygens (including phenoxy) is 1. The molecule has 0 amide bonds. The van der Waals surface area contributed by atoms with Crippen LogP contribution in [0.1, 0.15) is 5.82 Å². The molecule has 0 aliphatic heterocycles. The lowest BCUT2D eigenvalue weighted by Crippen LogP contribution is -2.06. The van der Waals surface area contributed by atoms with Gasteiger partial charge in [-0.25, -0.2) is 9.97 Å². The van der Waals surface area contributed by atoms with Gasteiger partial charge in [-0.15, -0.1) is 0 Å². The molecule has 4 nitrogen and oxygen atoms in total. The van der Waals surface area contributed by atoms with E-state index in [-0.39, 0.29) is 0 Å². The van der Waals surface area contributed by atoms with Gasteiger partial charge in [-0.3, -0.25) is 0 Å². The molecular formula is C12H12ClN3O. The Morgan fingerprint density at radius 3 is 2.53 bits per heavy atom. The van der Waals surface area contributed by atoms with Crippen LogP contribution in [-0.2, 0) is 6.42 Å². The van der Waals surface area contributed by atoms with E-state index in [9.17, 15) is 0 Å². The summed E-state index contributed by atoms with van der Waals surface area (Å²) in [5.74, 6) is 1.85. The first-order valence-electron chi connectivity index (χ1n) is 5.23. The van der Waals surface area contributed by atoms with E-state index in [4.69, 9.17) is 22.1 Å². The Bertz CT molecular complexity index is 487. The standard InChI is InChI=1S/C12H12ClN3O/c13-10-3-1-2-4-11(10)17-9-7-15-12(5-6-14)16-8-9/h1-4,7-8H,5-6,14H2. The maximum absolute atomic E-state index is 5.97. The zero-order valence-electron chi connectivity index (χ0n) is 9.14. The van der Waals surface area contributed by atoms with Gasteiger partial charge in [0, 0.05) is 6.42 Å². The highest BCUT2D eigenvalue weighted by atomic mass is 35.5. The molecular weight excluding hydrogens is 238 g/mol. The predicted octanol–water partition coefficient (Wildman–Crippen LogP) is 2.42. The average molecular weight is 250 g/mol. The minimum absolute atomic E-state index is 0.532. The van der Waals surface area contributed by atoms with Crippen molar-refractivity contribution in [3.8, 4) is 11.5 Å². The second-order valence-corrected chi connectivity index (χ2v) is 3.81. The SMILES string of the molecule is NCCc1ncc(Oc2ccccc2Cl)cn1. The molecule has 17 heavy (non-hydrogen) atoms. The summed E-state index contributed by atoms with van der Waals surface area (Å²) in [5, 5.41) is 0.554. The fourth-order valence-corrected chi connectivity index (χ4v) is 1.48. The molecule has 1 aromatic carbocycles. The van der Waals surface area contributed by atoms with Gasteiger partial charge < -0.3 is 10.5 Å². The van der Waals surface area contributed by atoms with Crippen molar-refractivity contribution in [3.63, 3.8) is 0 Å².